The molecule has 1 aliphatic rings. The van der Waals surface area contributed by atoms with Crippen LogP contribution in [-0.2, 0) is 0 Å². The molecule has 0 saturated heterocycles. The molecule has 0 saturated carbocycles. The lowest BCUT2D eigenvalue weighted by molar-refractivity contribution is 0.102. The Morgan fingerprint density at radius 1 is 1.12 bits per heavy atom. The van der Waals surface area contributed by atoms with Gasteiger partial charge in [-0.1, -0.05) is 11.6 Å². The van der Waals surface area contributed by atoms with E-state index in [1.807, 2.05) is 0 Å². The van der Waals surface area contributed by atoms with Crippen molar-refractivity contribution in [3.8, 4) is 23.0 Å². The summed E-state index contributed by atoms with van der Waals surface area (Å²) in [4.78, 5) is 12.5. The predicted molar refractivity (Wildman–Crippen MR) is 89.9 cm³/mol. The predicted octanol–water partition coefficient (Wildman–Crippen LogP) is 3.38. The lowest BCUT2D eigenvalue weighted by Gasteiger charge is -2.20. The van der Waals surface area contributed by atoms with Crippen molar-refractivity contribution < 1.29 is 23.7 Å². The van der Waals surface area contributed by atoms with Crippen molar-refractivity contribution in [1.29, 1.82) is 0 Å². The first-order valence-electron chi connectivity index (χ1n) is 7.25. The van der Waals surface area contributed by atoms with Gasteiger partial charge in [-0.3, -0.25) is 4.79 Å². The summed E-state index contributed by atoms with van der Waals surface area (Å²) < 4.78 is 21.3. The Balaban J connectivity index is 1.86. The number of carbonyl (C=O) groups is 1. The first kappa shape index (κ1) is 16.3. The number of carbonyl (C=O) groups excluding carboxylic acids is 1. The molecule has 3 rings (SSSR count). The number of amides is 1. The summed E-state index contributed by atoms with van der Waals surface area (Å²) in [7, 11) is 3.08. The topological polar surface area (TPSA) is 66.0 Å². The maximum Gasteiger partial charge on any atom is 0.255 e. The molecule has 0 radical (unpaired) electrons. The van der Waals surface area contributed by atoms with Crippen molar-refractivity contribution in [3.05, 3.63) is 40.9 Å². The molecule has 0 aromatic heterocycles. The SMILES string of the molecule is COc1ccc(NC(=O)c2cc(Cl)c3c(c2)OCCO3)c(OC)c1. The molecule has 0 fully saturated rings. The summed E-state index contributed by atoms with van der Waals surface area (Å²) >= 11 is 6.17. The number of fused-ring (bicyclic) bond motifs is 1. The number of hydrogen-bond donors (Lipinski definition) is 1. The van der Waals surface area contributed by atoms with E-state index in [-0.39, 0.29) is 5.91 Å². The minimum Gasteiger partial charge on any atom is -0.497 e. The standard InChI is InChI=1S/C17H16ClNO5/c1-21-11-3-4-13(14(9-11)22-2)19-17(20)10-7-12(18)16-15(8-10)23-5-6-24-16/h3-4,7-9H,5-6H2,1-2H3,(H,19,20). The minimum absolute atomic E-state index is 0.332. The Kier molecular flexibility index (Phi) is 4.66. The van der Waals surface area contributed by atoms with Crippen molar-refractivity contribution in [2.75, 3.05) is 32.8 Å². The van der Waals surface area contributed by atoms with Crippen LogP contribution >= 0.6 is 11.6 Å². The van der Waals surface area contributed by atoms with E-state index in [2.05, 4.69) is 5.32 Å². The molecule has 2 aromatic carbocycles. The zero-order valence-electron chi connectivity index (χ0n) is 13.2. The molecule has 1 heterocycles. The summed E-state index contributed by atoms with van der Waals surface area (Å²) in [5, 5.41) is 3.12. The number of methoxy groups -OCH3 is 2. The molecule has 126 valence electrons. The highest BCUT2D eigenvalue weighted by molar-refractivity contribution is 6.32. The van der Waals surface area contributed by atoms with Crippen LogP contribution in [0.1, 0.15) is 10.4 Å². The van der Waals surface area contributed by atoms with Gasteiger partial charge in [0.15, 0.2) is 11.5 Å². The summed E-state index contributed by atoms with van der Waals surface area (Å²) in [5.74, 6) is 1.71. The zero-order chi connectivity index (χ0) is 17.1. The van der Waals surface area contributed by atoms with E-state index in [1.54, 1.807) is 37.4 Å². The van der Waals surface area contributed by atoms with E-state index in [0.29, 0.717) is 52.5 Å². The van der Waals surface area contributed by atoms with E-state index in [1.165, 1.54) is 7.11 Å². The highest BCUT2D eigenvalue weighted by Crippen LogP contribution is 2.38. The summed E-state index contributed by atoms with van der Waals surface area (Å²) in [6.45, 7) is 0.849. The van der Waals surface area contributed by atoms with Crippen LogP contribution in [0.2, 0.25) is 5.02 Å². The molecule has 1 aliphatic heterocycles. The van der Waals surface area contributed by atoms with Gasteiger partial charge in [0.1, 0.15) is 24.7 Å². The second-order valence-corrected chi connectivity index (χ2v) is 5.41. The van der Waals surface area contributed by atoms with Gasteiger partial charge in [0.25, 0.3) is 5.91 Å². The van der Waals surface area contributed by atoms with Crippen LogP contribution in [0.15, 0.2) is 30.3 Å². The molecular weight excluding hydrogens is 334 g/mol. The average molecular weight is 350 g/mol. The fraction of sp³-hybridized carbons (Fsp3) is 0.235. The highest BCUT2D eigenvalue weighted by Gasteiger charge is 2.20. The third-order valence-electron chi connectivity index (χ3n) is 3.52. The molecule has 0 atom stereocenters. The Hall–Kier alpha value is -2.60. The third-order valence-corrected chi connectivity index (χ3v) is 3.80. The van der Waals surface area contributed by atoms with Gasteiger partial charge in [-0.05, 0) is 24.3 Å². The van der Waals surface area contributed by atoms with Crippen molar-refractivity contribution in [2.24, 2.45) is 0 Å². The summed E-state index contributed by atoms with van der Waals surface area (Å²) in [6.07, 6.45) is 0. The van der Waals surface area contributed by atoms with Crippen LogP contribution in [0.4, 0.5) is 5.69 Å². The highest BCUT2D eigenvalue weighted by atomic mass is 35.5. The van der Waals surface area contributed by atoms with E-state index in [0.717, 1.165) is 0 Å². The van der Waals surface area contributed by atoms with E-state index in [9.17, 15) is 4.79 Å². The lowest BCUT2D eigenvalue weighted by atomic mass is 10.1. The summed E-state index contributed by atoms with van der Waals surface area (Å²) in [6, 6.07) is 8.27. The molecule has 0 bridgehead atoms. The van der Waals surface area contributed by atoms with E-state index < -0.39 is 0 Å². The van der Waals surface area contributed by atoms with Crippen LogP contribution in [-0.4, -0.2) is 33.3 Å². The number of halogens is 1. The van der Waals surface area contributed by atoms with Crippen LogP contribution in [0, 0.1) is 0 Å². The van der Waals surface area contributed by atoms with Crippen LogP contribution in [0.5, 0.6) is 23.0 Å². The van der Waals surface area contributed by atoms with Crippen molar-refractivity contribution in [2.45, 2.75) is 0 Å². The molecule has 0 spiro atoms. The largest absolute Gasteiger partial charge is 0.497 e. The first-order chi connectivity index (χ1) is 11.6. The van der Waals surface area contributed by atoms with Gasteiger partial charge in [0.2, 0.25) is 0 Å². The number of nitrogens with one attached hydrogen (secondary N) is 1. The minimum atomic E-state index is -0.336. The van der Waals surface area contributed by atoms with Gasteiger partial charge >= 0.3 is 0 Å². The van der Waals surface area contributed by atoms with Gasteiger partial charge in [-0.15, -0.1) is 0 Å². The van der Waals surface area contributed by atoms with E-state index >= 15 is 0 Å². The number of ether oxygens (including phenoxy) is 4. The second kappa shape index (κ2) is 6.88. The number of anilines is 1. The maximum atomic E-state index is 12.5. The molecule has 24 heavy (non-hydrogen) atoms. The Morgan fingerprint density at radius 3 is 2.67 bits per heavy atom. The van der Waals surface area contributed by atoms with Gasteiger partial charge in [0, 0.05) is 11.6 Å². The molecule has 6 nitrogen and oxygen atoms in total. The molecular formula is C17H16ClNO5. The quantitative estimate of drug-likeness (QED) is 0.916. The smallest absolute Gasteiger partial charge is 0.255 e. The Bertz CT molecular complexity index is 778. The molecule has 1 amide bonds. The van der Waals surface area contributed by atoms with E-state index in [4.69, 9.17) is 30.5 Å². The van der Waals surface area contributed by atoms with Gasteiger partial charge in [0.05, 0.1) is 24.9 Å². The van der Waals surface area contributed by atoms with Crippen molar-refractivity contribution in [1.82, 2.24) is 0 Å². The number of benzene rings is 2. The van der Waals surface area contributed by atoms with Crippen LogP contribution < -0.4 is 24.3 Å². The normalized spacial score (nSPS) is 12.5. The fourth-order valence-corrected chi connectivity index (χ4v) is 2.60. The Morgan fingerprint density at radius 2 is 1.92 bits per heavy atom. The molecule has 0 aliphatic carbocycles. The molecule has 0 unspecified atom stereocenters. The monoisotopic (exact) mass is 349 g/mol. The van der Waals surface area contributed by atoms with Gasteiger partial charge < -0.3 is 24.3 Å². The average Bonchev–Trinajstić information content (AvgIpc) is 2.62. The number of rotatable bonds is 4. The zero-order valence-corrected chi connectivity index (χ0v) is 14.0. The van der Waals surface area contributed by atoms with Crippen LogP contribution in [0.3, 0.4) is 0 Å². The van der Waals surface area contributed by atoms with Crippen molar-refractivity contribution in [3.63, 3.8) is 0 Å². The van der Waals surface area contributed by atoms with Gasteiger partial charge in [-0.2, -0.15) is 0 Å². The summed E-state index contributed by atoms with van der Waals surface area (Å²) in [5.41, 5.74) is 0.886. The second-order valence-electron chi connectivity index (χ2n) is 5.00. The molecule has 2 aromatic rings. The fourth-order valence-electron chi connectivity index (χ4n) is 2.34. The van der Waals surface area contributed by atoms with Crippen LogP contribution in [0.25, 0.3) is 0 Å². The number of hydrogen-bond acceptors (Lipinski definition) is 5. The van der Waals surface area contributed by atoms with Crippen molar-refractivity contribution >= 4 is 23.2 Å². The first-order valence-corrected chi connectivity index (χ1v) is 7.62. The molecule has 1 N–H and O–H groups in total. The Labute approximate surface area is 144 Å². The van der Waals surface area contributed by atoms with Gasteiger partial charge in [-0.25, -0.2) is 0 Å². The third kappa shape index (κ3) is 3.19. The lowest BCUT2D eigenvalue weighted by Crippen LogP contribution is -2.18. The molecule has 7 heteroatoms. The maximum absolute atomic E-state index is 12.5.